The molecule has 5 nitrogen and oxygen atoms in total. The van der Waals surface area contributed by atoms with Gasteiger partial charge in [-0.1, -0.05) is 0 Å². The van der Waals surface area contributed by atoms with E-state index < -0.39 is 12.0 Å². The molecule has 1 amide bonds. The number of hydrogen-bond donors (Lipinski definition) is 1. The lowest BCUT2D eigenvalue weighted by molar-refractivity contribution is -0.150. The second-order valence-corrected chi connectivity index (χ2v) is 3.00. The molecule has 0 aromatic rings. The lowest BCUT2D eigenvalue weighted by Crippen LogP contribution is -2.44. The summed E-state index contributed by atoms with van der Waals surface area (Å²) in [5.74, 6) is -1.10. The van der Waals surface area contributed by atoms with Crippen molar-refractivity contribution in [3.63, 3.8) is 0 Å². The van der Waals surface area contributed by atoms with Gasteiger partial charge in [-0.05, 0) is 6.42 Å². The van der Waals surface area contributed by atoms with Gasteiger partial charge in [-0.25, -0.2) is 4.79 Å². The first-order chi connectivity index (χ1) is 6.16. The van der Waals surface area contributed by atoms with Crippen molar-refractivity contribution in [2.45, 2.75) is 18.9 Å². The number of carbonyl (C=O) groups excluding carboxylic acids is 1. The summed E-state index contributed by atoms with van der Waals surface area (Å²) in [6.45, 7) is 0.584. The van der Waals surface area contributed by atoms with Gasteiger partial charge in [0.25, 0.3) is 0 Å². The summed E-state index contributed by atoms with van der Waals surface area (Å²) < 4.78 is 4.75. The van der Waals surface area contributed by atoms with Gasteiger partial charge >= 0.3 is 5.97 Å². The minimum atomic E-state index is -1.00. The number of ether oxygens (including phenoxy) is 1. The zero-order valence-corrected chi connectivity index (χ0v) is 7.52. The van der Waals surface area contributed by atoms with Crippen molar-refractivity contribution < 1.29 is 19.4 Å². The van der Waals surface area contributed by atoms with Gasteiger partial charge in [-0.2, -0.15) is 0 Å². The Labute approximate surface area is 76.3 Å². The highest BCUT2D eigenvalue weighted by Gasteiger charge is 2.32. The van der Waals surface area contributed by atoms with E-state index in [0.29, 0.717) is 13.0 Å². The third kappa shape index (κ3) is 2.18. The second kappa shape index (κ2) is 4.23. The zero-order chi connectivity index (χ0) is 9.84. The average molecular weight is 187 g/mol. The smallest absolute Gasteiger partial charge is 0.328 e. The molecule has 0 saturated carbocycles. The maximum atomic E-state index is 11.2. The van der Waals surface area contributed by atoms with E-state index in [0.717, 1.165) is 6.42 Å². The molecule has 0 aromatic carbocycles. The molecule has 0 aromatic heterocycles. The van der Waals surface area contributed by atoms with Crippen LogP contribution in [0, 0.1) is 0 Å². The molecule has 1 aliphatic rings. The summed E-state index contributed by atoms with van der Waals surface area (Å²) in [5, 5.41) is 8.81. The van der Waals surface area contributed by atoms with Gasteiger partial charge in [0.05, 0.1) is 6.61 Å². The Bertz CT molecular complexity index is 216. The molecule has 1 aliphatic heterocycles. The highest BCUT2D eigenvalue weighted by Crippen LogP contribution is 2.13. The van der Waals surface area contributed by atoms with Gasteiger partial charge in [-0.15, -0.1) is 0 Å². The number of methoxy groups -OCH3 is 1. The van der Waals surface area contributed by atoms with Crippen LogP contribution in [0.5, 0.6) is 0 Å². The van der Waals surface area contributed by atoms with Gasteiger partial charge in [-0.3, -0.25) is 4.79 Å². The van der Waals surface area contributed by atoms with Crippen molar-refractivity contribution in [2.24, 2.45) is 0 Å². The molecule has 1 saturated heterocycles. The predicted molar refractivity (Wildman–Crippen MR) is 44.2 cm³/mol. The fourth-order valence-electron chi connectivity index (χ4n) is 1.45. The molecule has 1 atom stereocenters. The number of hydrogen-bond acceptors (Lipinski definition) is 3. The summed E-state index contributed by atoms with van der Waals surface area (Å²) >= 11 is 0. The van der Waals surface area contributed by atoms with Crippen LogP contribution in [-0.4, -0.2) is 48.2 Å². The molecule has 74 valence electrons. The van der Waals surface area contributed by atoms with Crippen molar-refractivity contribution in [1.29, 1.82) is 0 Å². The van der Waals surface area contributed by atoms with Crippen molar-refractivity contribution in [3.05, 3.63) is 0 Å². The lowest BCUT2D eigenvalue weighted by atomic mass is 10.3. The number of amides is 1. The van der Waals surface area contributed by atoms with Crippen LogP contribution in [0.4, 0.5) is 0 Å². The van der Waals surface area contributed by atoms with E-state index in [1.807, 2.05) is 0 Å². The number of carboxylic acids is 1. The summed E-state index contributed by atoms with van der Waals surface area (Å²) in [4.78, 5) is 23.3. The van der Waals surface area contributed by atoms with Crippen LogP contribution in [0.1, 0.15) is 12.8 Å². The topological polar surface area (TPSA) is 66.8 Å². The van der Waals surface area contributed by atoms with Crippen molar-refractivity contribution >= 4 is 11.9 Å². The molecule has 1 rings (SSSR count). The Hall–Kier alpha value is -1.10. The van der Waals surface area contributed by atoms with Crippen molar-refractivity contribution in [2.75, 3.05) is 20.3 Å². The minimum Gasteiger partial charge on any atom is -0.480 e. The van der Waals surface area contributed by atoms with Gasteiger partial charge in [0.1, 0.15) is 0 Å². The molecular weight excluding hydrogens is 174 g/mol. The molecule has 1 fully saturated rings. The maximum absolute atomic E-state index is 11.2. The van der Waals surface area contributed by atoms with Crippen LogP contribution in [0.25, 0.3) is 0 Å². The van der Waals surface area contributed by atoms with Crippen molar-refractivity contribution in [3.8, 4) is 0 Å². The second-order valence-electron chi connectivity index (χ2n) is 3.00. The van der Waals surface area contributed by atoms with Crippen molar-refractivity contribution in [1.82, 2.24) is 4.90 Å². The van der Waals surface area contributed by atoms with Crippen LogP contribution in [0.2, 0.25) is 0 Å². The molecule has 0 radical (unpaired) electrons. The minimum absolute atomic E-state index is 0.0566. The van der Waals surface area contributed by atoms with Gasteiger partial charge < -0.3 is 14.7 Å². The molecule has 1 unspecified atom stereocenters. The Balaban J connectivity index is 2.63. The molecule has 5 heteroatoms. The largest absolute Gasteiger partial charge is 0.480 e. The van der Waals surface area contributed by atoms with E-state index in [-0.39, 0.29) is 12.5 Å². The first kappa shape index (κ1) is 9.98. The Morgan fingerprint density at radius 3 is 2.85 bits per heavy atom. The Morgan fingerprint density at radius 1 is 1.77 bits per heavy atom. The number of nitrogens with zero attached hydrogens (tertiary/aromatic N) is 1. The van der Waals surface area contributed by atoms with Crippen LogP contribution >= 0.6 is 0 Å². The van der Waals surface area contributed by atoms with E-state index in [1.54, 1.807) is 0 Å². The number of carbonyl (C=O) groups is 2. The molecule has 1 heterocycles. The molecule has 1 N–H and O–H groups in total. The van der Waals surface area contributed by atoms with Crippen LogP contribution < -0.4 is 0 Å². The van der Waals surface area contributed by atoms with E-state index >= 15 is 0 Å². The fourth-order valence-corrected chi connectivity index (χ4v) is 1.45. The number of likely N-dealkylation sites (tertiary alicyclic amines) is 1. The number of carboxylic acid groups (broad SMARTS) is 1. The Morgan fingerprint density at radius 2 is 2.46 bits per heavy atom. The zero-order valence-electron chi connectivity index (χ0n) is 7.52. The van der Waals surface area contributed by atoms with E-state index in [4.69, 9.17) is 9.84 Å². The highest BCUT2D eigenvalue weighted by atomic mass is 16.5. The van der Waals surface area contributed by atoms with Crippen LogP contribution in [-0.2, 0) is 14.3 Å². The lowest BCUT2D eigenvalue weighted by Gasteiger charge is -2.23. The van der Waals surface area contributed by atoms with E-state index in [2.05, 4.69) is 0 Å². The molecule has 0 bridgehead atoms. The quantitative estimate of drug-likeness (QED) is 0.656. The third-order valence-corrected chi connectivity index (χ3v) is 2.10. The standard InChI is InChI=1S/C8H13NO4/c1-13-5-6(8(11)12)9-4-2-3-7(9)10/h6H,2-5H2,1H3,(H,11,12). The summed E-state index contributed by atoms with van der Waals surface area (Å²) in [6.07, 6.45) is 1.19. The van der Waals surface area contributed by atoms with Gasteiger partial charge in [0.2, 0.25) is 5.91 Å². The van der Waals surface area contributed by atoms with E-state index in [1.165, 1.54) is 12.0 Å². The first-order valence-electron chi connectivity index (χ1n) is 4.18. The summed E-state index contributed by atoms with van der Waals surface area (Å²) in [5.41, 5.74) is 0. The predicted octanol–water partition coefficient (Wildman–Crippen LogP) is -0.292. The molecule has 0 aliphatic carbocycles. The summed E-state index contributed by atoms with van der Waals surface area (Å²) in [7, 11) is 1.43. The SMILES string of the molecule is COCC(C(=O)O)N1CCCC1=O. The molecule has 0 spiro atoms. The number of rotatable bonds is 4. The first-order valence-corrected chi connectivity index (χ1v) is 4.18. The molecule has 13 heavy (non-hydrogen) atoms. The van der Waals surface area contributed by atoms with Crippen LogP contribution in [0.15, 0.2) is 0 Å². The normalized spacial score (nSPS) is 19.2. The van der Waals surface area contributed by atoms with Gasteiger partial charge in [0.15, 0.2) is 6.04 Å². The number of aliphatic carboxylic acids is 1. The Kier molecular flexibility index (Phi) is 3.25. The highest BCUT2D eigenvalue weighted by molar-refractivity contribution is 5.85. The van der Waals surface area contributed by atoms with Gasteiger partial charge in [0, 0.05) is 20.1 Å². The third-order valence-electron chi connectivity index (χ3n) is 2.10. The van der Waals surface area contributed by atoms with E-state index in [9.17, 15) is 9.59 Å². The van der Waals surface area contributed by atoms with Crippen LogP contribution in [0.3, 0.4) is 0 Å². The average Bonchev–Trinajstić information content (AvgIpc) is 2.47. The fraction of sp³-hybridized carbons (Fsp3) is 0.750. The maximum Gasteiger partial charge on any atom is 0.328 e. The monoisotopic (exact) mass is 187 g/mol. The summed E-state index contributed by atoms with van der Waals surface area (Å²) in [6, 6.07) is -0.819. The molecular formula is C8H13NO4.